The quantitative estimate of drug-likeness (QED) is 0.301. The summed E-state index contributed by atoms with van der Waals surface area (Å²) >= 11 is 1.75. The first-order valence-corrected chi connectivity index (χ1v) is 12.9. The number of allylic oxidation sites excluding steroid dienone is 1. The molecule has 0 saturated carbocycles. The Hall–Kier alpha value is -1.23. The van der Waals surface area contributed by atoms with Crippen molar-refractivity contribution in [2.24, 2.45) is 5.41 Å². The zero-order valence-electron chi connectivity index (χ0n) is 18.1. The Morgan fingerprint density at radius 1 is 1.18 bits per heavy atom. The van der Waals surface area contributed by atoms with E-state index in [2.05, 4.69) is 92.1 Å². The molecule has 154 valence electrons. The Balaban J connectivity index is 1.81. The Morgan fingerprint density at radius 3 is 2.68 bits per heavy atom. The topological polar surface area (TPSA) is 12.5 Å². The molecule has 0 amide bonds. The lowest BCUT2D eigenvalue weighted by Gasteiger charge is -2.19. The van der Waals surface area contributed by atoms with Crippen LogP contribution in [0, 0.1) is 5.41 Å². The summed E-state index contributed by atoms with van der Waals surface area (Å²) in [6.45, 7) is 12.1. The first-order valence-electron chi connectivity index (χ1n) is 10.1. The van der Waals surface area contributed by atoms with Gasteiger partial charge in [0.15, 0.2) is 4.90 Å². The van der Waals surface area contributed by atoms with Gasteiger partial charge in [0.1, 0.15) is 12.0 Å². The Kier molecular flexibility index (Phi) is 9.63. The third kappa shape index (κ3) is 8.85. The standard InChI is InChI=1S/C24H36NOS2/c1-6-25(15-9-7-8-14-24(2,3)4)18-21-11-10-12-22(17-21)26-20-28(5)23-13-16-27-19-23/h7,9-13,16-17,19H,6,8,14-15,18,20H2,1-5H3/q+1/b9-7+. The van der Waals surface area contributed by atoms with Crippen LogP contribution in [0.15, 0.2) is 58.1 Å². The van der Waals surface area contributed by atoms with E-state index in [-0.39, 0.29) is 10.9 Å². The van der Waals surface area contributed by atoms with Crippen LogP contribution in [0.2, 0.25) is 0 Å². The fourth-order valence-electron chi connectivity index (χ4n) is 2.83. The molecule has 2 nitrogen and oxygen atoms in total. The molecule has 1 aromatic heterocycles. The maximum atomic E-state index is 6.08. The summed E-state index contributed by atoms with van der Waals surface area (Å²) in [5.41, 5.74) is 1.73. The number of likely N-dealkylation sites (N-methyl/N-ethyl adjacent to an activating group) is 1. The number of hydrogen-bond donors (Lipinski definition) is 0. The van der Waals surface area contributed by atoms with Crippen molar-refractivity contribution in [3.63, 3.8) is 0 Å². The van der Waals surface area contributed by atoms with Crippen LogP contribution < -0.4 is 4.74 Å². The van der Waals surface area contributed by atoms with Crippen molar-refractivity contribution >= 4 is 22.2 Å². The van der Waals surface area contributed by atoms with E-state index in [1.807, 2.05) is 0 Å². The third-order valence-corrected chi connectivity index (χ3v) is 7.01. The van der Waals surface area contributed by atoms with E-state index in [0.717, 1.165) is 37.7 Å². The Labute approximate surface area is 179 Å². The molecule has 0 bridgehead atoms. The largest absolute Gasteiger partial charge is 0.448 e. The summed E-state index contributed by atoms with van der Waals surface area (Å²) < 4.78 is 6.08. The van der Waals surface area contributed by atoms with Crippen molar-refractivity contribution in [1.82, 2.24) is 4.90 Å². The van der Waals surface area contributed by atoms with Crippen LogP contribution in [-0.2, 0) is 17.4 Å². The van der Waals surface area contributed by atoms with Crippen LogP contribution in [0.25, 0.3) is 0 Å². The van der Waals surface area contributed by atoms with Crippen LogP contribution in [0.3, 0.4) is 0 Å². The zero-order chi connectivity index (χ0) is 20.4. The van der Waals surface area contributed by atoms with Crippen LogP contribution >= 0.6 is 11.3 Å². The van der Waals surface area contributed by atoms with Gasteiger partial charge in [0, 0.05) is 24.5 Å². The maximum Gasteiger partial charge on any atom is 0.252 e. The second-order valence-electron chi connectivity index (χ2n) is 8.40. The van der Waals surface area contributed by atoms with E-state index in [9.17, 15) is 0 Å². The van der Waals surface area contributed by atoms with Gasteiger partial charge in [0.25, 0.3) is 5.94 Å². The minimum absolute atomic E-state index is 0.134. The van der Waals surface area contributed by atoms with Gasteiger partial charge in [-0.25, -0.2) is 0 Å². The number of hydrogen-bond acceptors (Lipinski definition) is 3. The normalized spacial score (nSPS) is 13.4. The molecular formula is C24H36NOS2+. The number of nitrogens with zero attached hydrogens (tertiary/aromatic N) is 1. The summed E-state index contributed by atoms with van der Waals surface area (Å²) in [6.07, 6.45) is 9.29. The molecule has 0 aliphatic heterocycles. The van der Waals surface area contributed by atoms with Crippen LogP contribution in [-0.4, -0.2) is 30.2 Å². The highest BCUT2D eigenvalue weighted by atomic mass is 32.2. The van der Waals surface area contributed by atoms with E-state index in [1.54, 1.807) is 11.3 Å². The van der Waals surface area contributed by atoms with Crippen molar-refractivity contribution in [2.75, 3.05) is 25.3 Å². The summed E-state index contributed by atoms with van der Waals surface area (Å²) in [6, 6.07) is 10.8. The lowest BCUT2D eigenvalue weighted by atomic mass is 9.90. The van der Waals surface area contributed by atoms with Crippen molar-refractivity contribution in [2.45, 2.75) is 52.0 Å². The van der Waals surface area contributed by atoms with Crippen LogP contribution in [0.5, 0.6) is 5.75 Å². The summed E-state index contributed by atoms with van der Waals surface area (Å²) in [4.78, 5) is 3.85. The summed E-state index contributed by atoms with van der Waals surface area (Å²) in [7, 11) is 0.134. The molecular weight excluding hydrogens is 382 g/mol. The molecule has 0 radical (unpaired) electrons. The molecule has 0 fully saturated rings. The predicted molar refractivity (Wildman–Crippen MR) is 127 cm³/mol. The number of rotatable bonds is 11. The molecule has 1 heterocycles. The number of ether oxygens (including phenoxy) is 1. The second-order valence-corrected chi connectivity index (χ2v) is 11.2. The van der Waals surface area contributed by atoms with Crippen LogP contribution in [0.4, 0.5) is 0 Å². The fraction of sp³-hybridized carbons (Fsp3) is 0.500. The van der Waals surface area contributed by atoms with Gasteiger partial charge < -0.3 is 4.74 Å². The highest BCUT2D eigenvalue weighted by Crippen LogP contribution is 2.21. The SMILES string of the molecule is CCN(C/C=C/CCC(C)(C)C)Cc1cccc(OC[S+](C)c2ccsc2)c1. The average molecular weight is 419 g/mol. The number of thiophene rings is 1. The summed E-state index contributed by atoms with van der Waals surface area (Å²) in [5.74, 6) is 1.72. The maximum absolute atomic E-state index is 6.08. The van der Waals surface area contributed by atoms with E-state index in [1.165, 1.54) is 16.9 Å². The smallest absolute Gasteiger partial charge is 0.252 e. The zero-order valence-corrected chi connectivity index (χ0v) is 19.7. The highest BCUT2D eigenvalue weighted by Gasteiger charge is 2.16. The number of benzene rings is 1. The van der Waals surface area contributed by atoms with Crippen molar-refractivity contribution < 1.29 is 4.74 Å². The highest BCUT2D eigenvalue weighted by molar-refractivity contribution is 7.96. The first kappa shape index (κ1) is 23.1. The minimum Gasteiger partial charge on any atom is -0.448 e. The Bertz CT molecular complexity index is 704. The van der Waals surface area contributed by atoms with E-state index in [4.69, 9.17) is 4.74 Å². The fourth-order valence-corrected chi connectivity index (χ4v) is 5.01. The molecule has 2 rings (SSSR count). The third-order valence-electron chi connectivity index (χ3n) is 4.64. The van der Waals surface area contributed by atoms with Crippen molar-refractivity contribution in [1.29, 1.82) is 0 Å². The molecule has 0 aliphatic rings. The second kappa shape index (κ2) is 11.7. The molecule has 0 spiro atoms. The van der Waals surface area contributed by atoms with Gasteiger partial charge in [-0.2, -0.15) is 0 Å². The van der Waals surface area contributed by atoms with E-state index < -0.39 is 0 Å². The molecule has 4 heteroatoms. The molecule has 1 aromatic carbocycles. The average Bonchev–Trinajstić information content (AvgIpc) is 3.19. The molecule has 28 heavy (non-hydrogen) atoms. The first-order chi connectivity index (χ1) is 13.4. The molecule has 1 unspecified atom stereocenters. The van der Waals surface area contributed by atoms with Gasteiger partial charge in [-0.3, -0.25) is 4.90 Å². The summed E-state index contributed by atoms with van der Waals surface area (Å²) in [5, 5.41) is 4.35. The Morgan fingerprint density at radius 2 is 2.00 bits per heavy atom. The minimum atomic E-state index is 0.134. The lowest BCUT2D eigenvalue weighted by Crippen LogP contribution is -2.22. The molecule has 0 N–H and O–H groups in total. The van der Waals surface area contributed by atoms with Crippen molar-refractivity contribution in [3.8, 4) is 5.75 Å². The molecule has 0 aliphatic carbocycles. The van der Waals surface area contributed by atoms with Crippen molar-refractivity contribution in [3.05, 3.63) is 58.8 Å². The van der Waals surface area contributed by atoms with Crippen LogP contribution in [0.1, 0.15) is 46.1 Å². The van der Waals surface area contributed by atoms with Gasteiger partial charge >= 0.3 is 0 Å². The van der Waals surface area contributed by atoms with Gasteiger partial charge in [-0.1, -0.05) is 52.0 Å². The molecule has 0 saturated heterocycles. The molecule has 2 aromatic rings. The lowest BCUT2D eigenvalue weighted by molar-refractivity contribution is 0.309. The van der Waals surface area contributed by atoms with E-state index >= 15 is 0 Å². The monoisotopic (exact) mass is 418 g/mol. The molecule has 1 atom stereocenters. The van der Waals surface area contributed by atoms with Gasteiger partial charge in [0.2, 0.25) is 0 Å². The van der Waals surface area contributed by atoms with Gasteiger partial charge in [0.05, 0.1) is 10.9 Å². The van der Waals surface area contributed by atoms with Gasteiger partial charge in [-0.05, 0) is 47.9 Å². The predicted octanol–water partition coefficient (Wildman–Crippen LogP) is 6.60. The van der Waals surface area contributed by atoms with E-state index in [0.29, 0.717) is 5.41 Å². The van der Waals surface area contributed by atoms with Gasteiger partial charge in [-0.15, -0.1) is 11.3 Å².